The zero-order valence-corrected chi connectivity index (χ0v) is 16.8. The molecule has 0 aliphatic heterocycles. The number of thiophene rings is 1. The van der Waals surface area contributed by atoms with Crippen LogP contribution in [-0.2, 0) is 6.42 Å². The molecule has 1 aromatic carbocycles. The summed E-state index contributed by atoms with van der Waals surface area (Å²) in [5.74, 6) is -3.43. The van der Waals surface area contributed by atoms with E-state index in [-0.39, 0.29) is 16.7 Å². The Morgan fingerprint density at radius 2 is 2.07 bits per heavy atom. The molecule has 0 saturated heterocycles. The van der Waals surface area contributed by atoms with Gasteiger partial charge in [-0.25, -0.2) is 13.8 Å². The molecule has 3 aromatic rings. The van der Waals surface area contributed by atoms with Crippen LogP contribution in [0.15, 0.2) is 30.3 Å². The van der Waals surface area contributed by atoms with Crippen molar-refractivity contribution in [2.45, 2.75) is 32.8 Å². The van der Waals surface area contributed by atoms with Gasteiger partial charge in [0.15, 0.2) is 5.82 Å². The van der Waals surface area contributed by atoms with E-state index in [1.54, 1.807) is 25.1 Å². The zero-order chi connectivity index (χ0) is 21.2. The third kappa shape index (κ3) is 5.73. The number of rotatable bonds is 7. The van der Waals surface area contributed by atoms with Crippen molar-refractivity contribution in [3.63, 3.8) is 0 Å². The normalized spacial score (nSPS) is 11.7. The second kappa shape index (κ2) is 8.46. The lowest BCUT2D eigenvalue weighted by atomic mass is 10.1. The van der Waals surface area contributed by atoms with E-state index in [1.807, 2.05) is 0 Å². The number of anilines is 1. The van der Waals surface area contributed by atoms with E-state index in [4.69, 9.17) is 0 Å². The average Bonchev–Trinajstić information content (AvgIpc) is 3.19. The molecule has 1 amide bonds. The van der Waals surface area contributed by atoms with Gasteiger partial charge in [0.05, 0.1) is 12.0 Å². The number of carbonyl (C=O) groups is 1. The summed E-state index contributed by atoms with van der Waals surface area (Å²) in [6.45, 7) is -0.420. The molecule has 2 aromatic heterocycles. The minimum atomic E-state index is -2.94. The van der Waals surface area contributed by atoms with Crippen LogP contribution in [0.1, 0.15) is 28.0 Å². The van der Waals surface area contributed by atoms with Crippen molar-refractivity contribution in [2.75, 3.05) is 5.32 Å². The molecule has 0 spiro atoms. The molecule has 154 valence electrons. The Labute approximate surface area is 171 Å². The summed E-state index contributed by atoms with van der Waals surface area (Å²) in [5, 5.41) is 2.67. The molecule has 3 rings (SSSR count). The number of nitrogens with one attached hydrogen (secondary N) is 1. The first-order valence-corrected chi connectivity index (χ1v) is 9.87. The third-order valence-corrected chi connectivity index (χ3v) is 5.43. The number of carbonyl (C=O) groups excluding carboxylic acids is 1. The minimum absolute atomic E-state index is 0.0173. The minimum Gasteiger partial charge on any atom is -0.435 e. The van der Waals surface area contributed by atoms with Crippen LogP contribution in [0.5, 0.6) is 5.75 Å². The van der Waals surface area contributed by atoms with Crippen LogP contribution in [0.4, 0.5) is 22.7 Å². The summed E-state index contributed by atoms with van der Waals surface area (Å²) in [5.41, 5.74) is 0.987. The average molecular weight is 445 g/mol. The van der Waals surface area contributed by atoms with Gasteiger partial charge >= 0.3 is 6.61 Å². The number of nitrogens with zero attached hydrogens (tertiary/aromatic N) is 2. The van der Waals surface area contributed by atoms with Crippen LogP contribution in [0.25, 0.3) is 10.4 Å². The second-order valence-electron chi connectivity index (χ2n) is 6.20. The summed E-state index contributed by atoms with van der Waals surface area (Å²) >= 11 is 2.13. The Morgan fingerprint density at radius 1 is 1.31 bits per heavy atom. The lowest BCUT2D eigenvalue weighted by molar-refractivity contribution is -0.0498. The van der Waals surface area contributed by atoms with Crippen molar-refractivity contribution in [3.05, 3.63) is 46.6 Å². The Hall–Kier alpha value is -2.53. The SMILES string of the molecule is Cc1sc(-c2cccc(OC(F)F)c2)cc1C(=O)Nc1nc(CC(C)(F)F)ns1. The van der Waals surface area contributed by atoms with Gasteiger partial charge < -0.3 is 4.74 Å². The fraction of sp³-hybridized carbons (Fsp3) is 0.278. The molecular formula is C18H15F4N3O2S2. The molecule has 0 radical (unpaired) electrons. The maximum atomic E-state index is 13.0. The number of ether oxygens (including phenoxy) is 1. The number of halogens is 4. The Kier molecular flexibility index (Phi) is 6.18. The highest BCUT2D eigenvalue weighted by atomic mass is 32.1. The van der Waals surface area contributed by atoms with Crippen LogP contribution in [0.3, 0.4) is 0 Å². The van der Waals surface area contributed by atoms with Crippen molar-refractivity contribution in [3.8, 4) is 16.2 Å². The number of hydrogen-bond donors (Lipinski definition) is 1. The summed E-state index contributed by atoms with van der Waals surface area (Å²) in [7, 11) is 0. The van der Waals surface area contributed by atoms with Gasteiger partial charge in [-0.1, -0.05) is 12.1 Å². The van der Waals surface area contributed by atoms with Crippen molar-refractivity contribution < 1.29 is 27.1 Å². The maximum absolute atomic E-state index is 13.0. The molecule has 0 saturated carbocycles. The highest BCUT2D eigenvalue weighted by Gasteiger charge is 2.25. The number of alkyl halides is 4. The van der Waals surface area contributed by atoms with Gasteiger partial charge in [-0.15, -0.1) is 11.3 Å². The van der Waals surface area contributed by atoms with Gasteiger partial charge in [0.1, 0.15) is 5.75 Å². The molecule has 0 unspecified atom stereocenters. The van der Waals surface area contributed by atoms with E-state index >= 15 is 0 Å². The van der Waals surface area contributed by atoms with Crippen molar-refractivity contribution in [2.24, 2.45) is 0 Å². The van der Waals surface area contributed by atoms with Gasteiger partial charge in [0.25, 0.3) is 11.8 Å². The van der Waals surface area contributed by atoms with E-state index in [0.29, 0.717) is 20.9 Å². The molecule has 29 heavy (non-hydrogen) atoms. The molecule has 0 atom stereocenters. The van der Waals surface area contributed by atoms with E-state index in [9.17, 15) is 22.4 Å². The predicted octanol–water partition coefficient (Wildman–Crippen LogP) is 5.63. The third-order valence-electron chi connectivity index (χ3n) is 3.66. The largest absolute Gasteiger partial charge is 0.435 e. The number of amides is 1. The first-order chi connectivity index (χ1) is 13.6. The maximum Gasteiger partial charge on any atom is 0.387 e. The zero-order valence-electron chi connectivity index (χ0n) is 15.2. The van der Waals surface area contributed by atoms with Gasteiger partial charge in [-0.2, -0.15) is 13.2 Å². The topological polar surface area (TPSA) is 64.1 Å². The molecular weight excluding hydrogens is 430 g/mol. The lowest BCUT2D eigenvalue weighted by Gasteiger charge is -2.05. The van der Waals surface area contributed by atoms with Crippen LogP contribution in [-0.4, -0.2) is 27.8 Å². The first kappa shape index (κ1) is 21.2. The quantitative estimate of drug-likeness (QED) is 0.479. The van der Waals surface area contributed by atoms with Crippen LogP contribution in [0, 0.1) is 6.92 Å². The Morgan fingerprint density at radius 3 is 2.76 bits per heavy atom. The van der Waals surface area contributed by atoms with Crippen molar-refractivity contribution >= 4 is 33.9 Å². The summed E-state index contributed by atoms with van der Waals surface area (Å²) in [6, 6.07) is 7.79. The number of aromatic nitrogens is 2. The lowest BCUT2D eigenvalue weighted by Crippen LogP contribution is -2.15. The van der Waals surface area contributed by atoms with Gasteiger partial charge in [0, 0.05) is 21.3 Å². The van der Waals surface area contributed by atoms with Crippen LogP contribution in [0.2, 0.25) is 0 Å². The smallest absolute Gasteiger partial charge is 0.387 e. The van der Waals surface area contributed by atoms with Crippen molar-refractivity contribution in [1.29, 1.82) is 0 Å². The molecule has 0 bridgehead atoms. The number of hydrogen-bond acceptors (Lipinski definition) is 6. The molecule has 0 fully saturated rings. The van der Waals surface area contributed by atoms with Gasteiger partial charge in [0.2, 0.25) is 5.13 Å². The van der Waals surface area contributed by atoms with Crippen LogP contribution < -0.4 is 10.1 Å². The van der Waals surface area contributed by atoms with Crippen LogP contribution >= 0.6 is 22.9 Å². The number of benzene rings is 1. The van der Waals surface area contributed by atoms with E-state index in [0.717, 1.165) is 18.5 Å². The summed E-state index contributed by atoms with van der Waals surface area (Å²) < 4.78 is 59.1. The highest BCUT2D eigenvalue weighted by Crippen LogP contribution is 2.33. The fourth-order valence-electron chi connectivity index (χ4n) is 2.49. The van der Waals surface area contributed by atoms with E-state index < -0.39 is 24.9 Å². The monoisotopic (exact) mass is 445 g/mol. The van der Waals surface area contributed by atoms with Gasteiger partial charge in [-0.05, 0) is 37.6 Å². The van der Waals surface area contributed by atoms with Crippen molar-refractivity contribution in [1.82, 2.24) is 9.36 Å². The number of aryl methyl sites for hydroxylation is 1. The molecule has 1 N–H and O–H groups in total. The van der Waals surface area contributed by atoms with E-state index in [1.165, 1.54) is 23.5 Å². The Balaban J connectivity index is 1.76. The molecule has 2 heterocycles. The van der Waals surface area contributed by atoms with Gasteiger partial charge in [-0.3, -0.25) is 10.1 Å². The highest BCUT2D eigenvalue weighted by molar-refractivity contribution is 7.15. The predicted molar refractivity (Wildman–Crippen MR) is 103 cm³/mol. The van der Waals surface area contributed by atoms with E-state index in [2.05, 4.69) is 19.4 Å². The molecule has 0 aliphatic rings. The first-order valence-electron chi connectivity index (χ1n) is 8.28. The summed E-state index contributed by atoms with van der Waals surface area (Å²) in [6.07, 6.45) is -0.613. The molecule has 0 aliphatic carbocycles. The molecule has 11 heteroatoms. The second-order valence-corrected chi connectivity index (χ2v) is 8.21. The standard InChI is InChI=1S/C18H15F4N3O2S2/c1-9-12(15(26)24-17-23-14(25-29-17)8-18(2,21)22)7-13(28-9)10-4-3-5-11(6-10)27-16(19)20/h3-7,16H,8H2,1-2H3,(H,23,24,25,26). The molecule has 5 nitrogen and oxygen atoms in total. The summed E-state index contributed by atoms with van der Waals surface area (Å²) in [4.78, 5) is 17.8. The fourth-order valence-corrected chi connectivity index (χ4v) is 4.09. The Bertz CT molecular complexity index is 1010.